The number of hydrogen-bond acceptors (Lipinski definition) is 7. The average Bonchev–Trinajstić information content (AvgIpc) is 2.97. The van der Waals surface area contributed by atoms with Crippen molar-refractivity contribution >= 4 is 5.69 Å². The molecular formula is C14H13N5O2. The number of nitrogens with zero attached hydrogens (tertiary/aromatic N) is 4. The largest absolute Gasteiger partial charge is 0.481 e. The van der Waals surface area contributed by atoms with Gasteiger partial charge in [-0.15, -0.1) is 0 Å². The third-order valence-corrected chi connectivity index (χ3v) is 2.88. The Bertz CT molecular complexity index is 739. The lowest BCUT2D eigenvalue weighted by Gasteiger charge is -1.99. The number of nitrogen functional groups attached to an aromatic ring is 1. The number of aromatic nitrogens is 4. The first kappa shape index (κ1) is 13.0. The summed E-state index contributed by atoms with van der Waals surface area (Å²) in [6.07, 6.45) is 3.85. The van der Waals surface area contributed by atoms with Gasteiger partial charge in [0.25, 0.3) is 5.89 Å². The normalized spacial score (nSPS) is 10.5. The van der Waals surface area contributed by atoms with Gasteiger partial charge in [-0.25, -0.2) is 9.97 Å². The molecule has 0 spiro atoms. The van der Waals surface area contributed by atoms with E-state index in [1.165, 1.54) is 0 Å². The van der Waals surface area contributed by atoms with Gasteiger partial charge in [-0.3, -0.25) is 0 Å². The first-order valence-electron chi connectivity index (χ1n) is 6.28. The number of nitrogens with two attached hydrogens (primary N) is 1. The molecule has 0 radical (unpaired) electrons. The molecule has 3 aromatic rings. The topological polar surface area (TPSA) is 100.0 Å². The summed E-state index contributed by atoms with van der Waals surface area (Å²) >= 11 is 0. The van der Waals surface area contributed by atoms with Crippen molar-refractivity contribution in [3.8, 4) is 17.5 Å². The molecule has 0 saturated heterocycles. The Balaban J connectivity index is 1.80. The van der Waals surface area contributed by atoms with Crippen molar-refractivity contribution in [2.75, 3.05) is 12.8 Å². The smallest absolute Gasteiger partial charge is 0.278 e. The molecule has 0 aliphatic rings. The third-order valence-electron chi connectivity index (χ3n) is 2.88. The lowest BCUT2D eigenvalue weighted by atomic mass is 10.2. The predicted molar refractivity (Wildman–Crippen MR) is 75.5 cm³/mol. The molecular weight excluding hydrogens is 270 g/mol. The van der Waals surface area contributed by atoms with E-state index in [1.54, 1.807) is 37.7 Å². The van der Waals surface area contributed by atoms with Crippen LogP contribution in [-0.4, -0.2) is 27.2 Å². The van der Waals surface area contributed by atoms with Crippen LogP contribution in [-0.2, 0) is 6.42 Å². The van der Waals surface area contributed by atoms with Crippen molar-refractivity contribution in [3.63, 3.8) is 0 Å². The number of methoxy groups -OCH3 is 1. The lowest BCUT2D eigenvalue weighted by molar-refractivity contribution is 0.397. The molecule has 3 heterocycles. The Kier molecular flexibility index (Phi) is 3.46. The predicted octanol–water partition coefficient (Wildman–Crippen LogP) is 1.71. The minimum absolute atomic E-state index is 0.310. The van der Waals surface area contributed by atoms with Gasteiger partial charge in [0.15, 0.2) is 11.5 Å². The Morgan fingerprint density at radius 1 is 1.24 bits per heavy atom. The molecule has 2 N–H and O–H groups in total. The fourth-order valence-electron chi connectivity index (χ4n) is 1.84. The summed E-state index contributed by atoms with van der Waals surface area (Å²) in [6, 6.07) is 7.17. The Labute approximate surface area is 120 Å². The first-order chi connectivity index (χ1) is 10.3. The molecule has 0 aliphatic carbocycles. The minimum atomic E-state index is 0.310. The number of ether oxygens (including phenoxy) is 1. The van der Waals surface area contributed by atoms with E-state index in [9.17, 15) is 0 Å². The molecule has 0 saturated carbocycles. The molecule has 0 fully saturated rings. The Morgan fingerprint density at radius 3 is 2.86 bits per heavy atom. The summed E-state index contributed by atoms with van der Waals surface area (Å²) < 4.78 is 10.2. The number of anilines is 1. The summed E-state index contributed by atoms with van der Waals surface area (Å²) in [5, 5.41) is 3.93. The Morgan fingerprint density at radius 2 is 2.14 bits per heavy atom. The van der Waals surface area contributed by atoms with Gasteiger partial charge >= 0.3 is 0 Å². The van der Waals surface area contributed by atoms with Crippen LogP contribution in [0, 0.1) is 0 Å². The van der Waals surface area contributed by atoms with Gasteiger partial charge in [0, 0.05) is 24.9 Å². The van der Waals surface area contributed by atoms with Gasteiger partial charge in [0.2, 0.25) is 5.88 Å². The molecule has 0 aromatic carbocycles. The summed E-state index contributed by atoms with van der Waals surface area (Å²) in [5.74, 6) is 1.42. The van der Waals surface area contributed by atoms with Gasteiger partial charge in [-0.05, 0) is 17.7 Å². The van der Waals surface area contributed by atoms with Gasteiger partial charge in [-0.1, -0.05) is 11.2 Å². The summed E-state index contributed by atoms with van der Waals surface area (Å²) in [4.78, 5) is 12.6. The van der Waals surface area contributed by atoms with Crippen LogP contribution in [0.1, 0.15) is 11.4 Å². The highest BCUT2D eigenvalue weighted by molar-refractivity contribution is 5.65. The molecule has 3 aromatic heterocycles. The lowest BCUT2D eigenvalue weighted by Crippen LogP contribution is -1.95. The van der Waals surface area contributed by atoms with Gasteiger partial charge in [0.05, 0.1) is 12.8 Å². The number of pyridine rings is 2. The summed E-state index contributed by atoms with van der Waals surface area (Å²) in [5.41, 5.74) is 7.78. The summed E-state index contributed by atoms with van der Waals surface area (Å²) in [6.45, 7) is 0. The quantitative estimate of drug-likeness (QED) is 0.777. The maximum absolute atomic E-state index is 5.83. The first-order valence-corrected chi connectivity index (χ1v) is 6.28. The van der Waals surface area contributed by atoms with Crippen molar-refractivity contribution in [2.45, 2.75) is 6.42 Å². The van der Waals surface area contributed by atoms with Crippen LogP contribution in [0.3, 0.4) is 0 Å². The molecule has 21 heavy (non-hydrogen) atoms. The van der Waals surface area contributed by atoms with Crippen LogP contribution < -0.4 is 10.5 Å². The second-order valence-corrected chi connectivity index (χ2v) is 4.34. The van der Waals surface area contributed by atoms with Crippen LogP contribution in [0.4, 0.5) is 5.69 Å². The second kappa shape index (κ2) is 5.58. The molecule has 106 valence electrons. The maximum Gasteiger partial charge on any atom is 0.278 e. The molecule has 0 aliphatic heterocycles. The van der Waals surface area contributed by atoms with E-state index >= 15 is 0 Å². The van der Waals surface area contributed by atoms with Crippen molar-refractivity contribution < 1.29 is 9.26 Å². The molecule has 0 atom stereocenters. The van der Waals surface area contributed by atoms with E-state index in [0.717, 1.165) is 5.56 Å². The van der Waals surface area contributed by atoms with Gasteiger partial charge < -0.3 is 15.0 Å². The van der Waals surface area contributed by atoms with Gasteiger partial charge in [0.1, 0.15) is 0 Å². The van der Waals surface area contributed by atoms with E-state index in [0.29, 0.717) is 35.4 Å². The zero-order valence-corrected chi connectivity index (χ0v) is 11.4. The zero-order valence-electron chi connectivity index (χ0n) is 11.4. The molecule has 0 amide bonds. The standard InChI is InChI=1S/C14H13N5O2/c1-20-12-5-4-9(8-17-12)7-11-18-14(21-19-11)13-10(15)3-2-6-16-13/h2-6,8H,7,15H2,1H3. The van der Waals surface area contributed by atoms with Crippen LogP contribution in [0.15, 0.2) is 41.2 Å². The molecule has 7 nitrogen and oxygen atoms in total. The minimum Gasteiger partial charge on any atom is -0.481 e. The van der Waals surface area contributed by atoms with Crippen LogP contribution in [0.5, 0.6) is 5.88 Å². The maximum atomic E-state index is 5.83. The number of rotatable bonds is 4. The van der Waals surface area contributed by atoms with E-state index in [-0.39, 0.29) is 0 Å². The van der Waals surface area contributed by atoms with Crippen LogP contribution >= 0.6 is 0 Å². The van der Waals surface area contributed by atoms with Crippen molar-refractivity contribution in [1.29, 1.82) is 0 Å². The highest BCUT2D eigenvalue weighted by atomic mass is 16.5. The van der Waals surface area contributed by atoms with E-state index in [2.05, 4.69) is 20.1 Å². The van der Waals surface area contributed by atoms with Crippen molar-refractivity contribution in [2.24, 2.45) is 0 Å². The van der Waals surface area contributed by atoms with Crippen molar-refractivity contribution in [1.82, 2.24) is 20.1 Å². The molecule has 3 rings (SSSR count). The molecule has 0 unspecified atom stereocenters. The van der Waals surface area contributed by atoms with E-state index < -0.39 is 0 Å². The van der Waals surface area contributed by atoms with Gasteiger partial charge in [-0.2, -0.15) is 4.98 Å². The summed E-state index contributed by atoms with van der Waals surface area (Å²) in [7, 11) is 1.57. The average molecular weight is 283 g/mol. The zero-order chi connectivity index (χ0) is 14.7. The fourth-order valence-corrected chi connectivity index (χ4v) is 1.84. The van der Waals surface area contributed by atoms with E-state index in [1.807, 2.05) is 6.07 Å². The molecule has 7 heteroatoms. The van der Waals surface area contributed by atoms with Crippen LogP contribution in [0.25, 0.3) is 11.6 Å². The van der Waals surface area contributed by atoms with Crippen LogP contribution in [0.2, 0.25) is 0 Å². The Hall–Kier alpha value is -2.96. The monoisotopic (exact) mass is 283 g/mol. The third kappa shape index (κ3) is 2.81. The number of hydrogen-bond donors (Lipinski definition) is 1. The fraction of sp³-hybridized carbons (Fsp3) is 0.143. The van der Waals surface area contributed by atoms with Crippen molar-refractivity contribution in [3.05, 3.63) is 48.0 Å². The SMILES string of the molecule is COc1ccc(Cc2noc(-c3ncccc3N)n2)cn1. The van der Waals surface area contributed by atoms with E-state index in [4.69, 9.17) is 15.0 Å². The second-order valence-electron chi connectivity index (χ2n) is 4.34. The highest BCUT2D eigenvalue weighted by Gasteiger charge is 2.13. The molecule has 0 bridgehead atoms. The highest BCUT2D eigenvalue weighted by Crippen LogP contribution is 2.21.